The molecule has 0 unspecified atom stereocenters. The van der Waals surface area contributed by atoms with Gasteiger partial charge in [-0.25, -0.2) is 0 Å². The Morgan fingerprint density at radius 3 is 2.52 bits per heavy atom. The quantitative estimate of drug-likeness (QED) is 0.674. The lowest BCUT2D eigenvalue weighted by Gasteiger charge is -2.11. The molecule has 0 atom stereocenters. The highest BCUT2D eigenvalue weighted by Crippen LogP contribution is 2.14. The molecule has 27 heavy (non-hydrogen) atoms. The first kappa shape index (κ1) is 20.7. The third-order valence-corrected chi connectivity index (χ3v) is 4.15. The number of ether oxygens (including phenoxy) is 2. The third kappa shape index (κ3) is 7.27. The number of carbonyl (C=O) groups excluding carboxylic acids is 1. The molecule has 0 aliphatic heterocycles. The number of thiocarbonyl (C=S) groups is 1. The van der Waals surface area contributed by atoms with Crippen molar-refractivity contribution >= 4 is 23.2 Å². The average Bonchev–Trinajstić information content (AvgIpc) is 2.66. The standard InChI is InChI=1S/C21H26N2O3S/c1-15(2)11-12-26-19-6-4-5-17(13-19)20(24)23-21(27)22-14-16-7-9-18(25-3)10-8-16/h4-10,13,15H,11-12,14H2,1-3H3,(H2,22,23,24,27). The van der Waals surface area contributed by atoms with Crippen LogP contribution in [0.2, 0.25) is 0 Å². The molecule has 5 nitrogen and oxygen atoms in total. The van der Waals surface area contributed by atoms with Crippen molar-refractivity contribution in [2.45, 2.75) is 26.8 Å². The summed E-state index contributed by atoms with van der Waals surface area (Å²) < 4.78 is 10.8. The second-order valence-electron chi connectivity index (χ2n) is 6.54. The Balaban J connectivity index is 1.83. The van der Waals surface area contributed by atoms with Crippen molar-refractivity contribution in [3.8, 4) is 11.5 Å². The first-order valence-corrected chi connectivity index (χ1v) is 9.33. The number of nitrogens with one attached hydrogen (secondary N) is 2. The summed E-state index contributed by atoms with van der Waals surface area (Å²) in [6.45, 7) is 5.44. The Morgan fingerprint density at radius 1 is 1.11 bits per heavy atom. The summed E-state index contributed by atoms with van der Waals surface area (Å²) >= 11 is 5.21. The summed E-state index contributed by atoms with van der Waals surface area (Å²) in [6.07, 6.45) is 0.968. The highest BCUT2D eigenvalue weighted by Gasteiger charge is 2.09. The molecule has 0 aromatic heterocycles. The summed E-state index contributed by atoms with van der Waals surface area (Å²) in [5.74, 6) is 1.78. The second kappa shape index (κ2) is 10.5. The van der Waals surface area contributed by atoms with Gasteiger partial charge in [-0.3, -0.25) is 10.1 Å². The van der Waals surface area contributed by atoms with Gasteiger partial charge in [-0.15, -0.1) is 0 Å². The van der Waals surface area contributed by atoms with E-state index in [2.05, 4.69) is 24.5 Å². The SMILES string of the molecule is COc1ccc(CNC(=S)NC(=O)c2cccc(OCCC(C)C)c2)cc1. The molecule has 0 fully saturated rings. The molecule has 2 rings (SSSR count). The topological polar surface area (TPSA) is 59.6 Å². The number of amides is 1. The van der Waals surface area contributed by atoms with Crippen LogP contribution in [0.5, 0.6) is 11.5 Å². The fraction of sp³-hybridized carbons (Fsp3) is 0.333. The monoisotopic (exact) mass is 386 g/mol. The van der Waals surface area contributed by atoms with Gasteiger partial charge in [-0.05, 0) is 60.5 Å². The molecule has 0 aliphatic carbocycles. The van der Waals surface area contributed by atoms with Crippen molar-refractivity contribution < 1.29 is 14.3 Å². The Labute approximate surface area is 166 Å². The summed E-state index contributed by atoms with van der Waals surface area (Å²) in [6, 6.07) is 14.7. The van der Waals surface area contributed by atoms with Crippen molar-refractivity contribution in [2.75, 3.05) is 13.7 Å². The molecule has 0 saturated heterocycles. The Bertz CT molecular complexity index is 760. The molecule has 1 amide bonds. The van der Waals surface area contributed by atoms with Crippen molar-refractivity contribution in [3.63, 3.8) is 0 Å². The molecular weight excluding hydrogens is 360 g/mol. The first-order valence-electron chi connectivity index (χ1n) is 8.93. The van der Waals surface area contributed by atoms with Crippen LogP contribution in [0.15, 0.2) is 48.5 Å². The van der Waals surface area contributed by atoms with E-state index in [1.54, 1.807) is 25.3 Å². The van der Waals surface area contributed by atoms with Crippen molar-refractivity contribution in [1.82, 2.24) is 10.6 Å². The highest BCUT2D eigenvalue weighted by atomic mass is 32.1. The maximum atomic E-state index is 12.4. The lowest BCUT2D eigenvalue weighted by atomic mass is 10.1. The van der Waals surface area contributed by atoms with Crippen LogP contribution in [0.25, 0.3) is 0 Å². The van der Waals surface area contributed by atoms with E-state index in [9.17, 15) is 4.79 Å². The molecule has 0 radical (unpaired) electrons. The lowest BCUT2D eigenvalue weighted by Crippen LogP contribution is -2.38. The zero-order chi connectivity index (χ0) is 19.6. The molecule has 0 spiro atoms. The van der Waals surface area contributed by atoms with E-state index >= 15 is 0 Å². The van der Waals surface area contributed by atoms with Crippen LogP contribution in [0.4, 0.5) is 0 Å². The lowest BCUT2D eigenvalue weighted by molar-refractivity contribution is 0.0976. The number of hydrogen-bond acceptors (Lipinski definition) is 4. The minimum atomic E-state index is -0.267. The zero-order valence-corrected chi connectivity index (χ0v) is 16.8. The van der Waals surface area contributed by atoms with Gasteiger partial charge in [-0.1, -0.05) is 32.0 Å². The minimum Gasteiger partial charge on any atom is -0.497 e. The Morgan fingerprint density at radius 2 is 1.85 bits per heavy atom. The van der Waals surface area contributed by atoms with E-state index in [0.29, 0.717) is 30.4 Å². The van der Waals surface area contributed by atoms with Gasteiger partial charge in [0.05, 0.1) is 13.7 Å². The summed E-state index contributed by atoms with van der Waals surface area (Å²) in [4.78, 5) is 12.4. The number of hydrogen-bond donors (Lipinski definition) is 2. The molecule has 0 bridgehead atoms. The number of rotatable bonds is 8. The van der Waals surface area contributed by atoms with Gasteiger partial charge in [0.15, 0.2) is 5.11 Å². The molecule has 2 aromatic rings. The van der Waals surface area contributed by atoms with Crippen LogP contribution in [0.1, 0.15) is 36.2 Å². The Kier molecular flexibility index (Phi) is 8.07. The maximum absolute atomic E-state index is 12.4. The highest BCUT2D eigenvalue weighted by molar-refractivity contribution is 7.80. The van der Waals surface area contributed by atoms with Gasteiger partial charge in [0.1, 0.15) is 11.5 Å². The average molecular weight is 387 g/mol. The van der Waals surface area contributed by atoms with Crippen LogP contribution in [-0.4, -0.2) is 24.7 Å². The predicted octanol–water partition coefficient (Wildman–Crippen LogP) is 3.92. The summed E-state index contributed by atoms with van der Waals surface area (Å²) in [5, 5.41) is 6.00. The summed E-state index contributed by atoms with van der Waals surface area (Å²) in [7, 11) is 1.63. The van der Waals surface area contributed by atoms with Gasteiger partial charge in [-0.2, -0.15) is 0 Å². The van der Waals surface area contributed by atoms with Crippen molar-refractivity contribution in [3.05, 3.63) is 59.7 Å². The predicted molar refractivity (Wildman–Crippen MR) is 111 cm³/mol. The fourth-order valence-corrected chi connectivity index (χ4v) is 2.45. The van der Waals surface area contributed by atoms with Crippen LogP contribution < -0.4 is 20.1 Å². The van der Waals surface area contributed by atoms with E-state index < -0.39 is 0 Å². The van der Waals surface area contributed by atoms with Gasteiger partial charge in [0.2, 0.25) is 0 Å². The van der Waals surface area contributed by atoms with Crippen molar-refractivity contribution in [1.29, 1.82) is 0 Å². The smallest absolute Gasteiger partial charge is 0.257 e. The number of methoxy groups -OCH3 is 1. The van der Waals surface area contributed by atoms with Gasteiger partial charge >= 0.3 is 0 Å². The molecular formula is C21H26N2O3S. The number of benzene rings is 2. The van der Waals surface area contributed by atoms with Crippen LogP contribution >= 0.6 is 12.2 Å². The van der Waals surface area contributed by atoms with E-state index in [1.165, 1.54) is 0 Å². The minimum absolute atomic E-state index is 0.267. The van der Waals surface area contributed by atoms with Crippen molar-refractivity contribution in [2.24, 2.45) is 5.92 Å². The summed E-state index contributed by atoms with van der Waals surface area (Å²) in [5.41, 5.74) is 1.54. The molecule has 0 aliphatic rings. The number of carbonyl (C=O) groups is 1. The third-order valence-electron chi connectivity index (χ3n) is 3.90. The fourth-order valence-electron chi connectivity index (χ4n) is 2.28. The van der Waals surface area contributed by atoms with Gasteiger partial charge in [0.25, 0.3) is 5.91 Å². The zero-order valence-electron chi connectivity index (χ0n) is 16.0. The maximum Gasteiger partial charge on any atom is 0.257 e. The molecule has 0 saturated carbocycles. The normalized spacial score (nSPS) is 10.4. The van der Waals surface area contributed by atoms with E-state index in [1.807, 2.05) is 30.3 Å². The second-order valence-corrected chi connectivity index (χ2v) is 6.95. The first-order chi connectivity index (χ1) is 13.0. The van der Waals surface area contributed by atoms with E-state index in [0.717, 1.165) is 17.7 Å². The van der Waals surface area contributed by atoms with Crippen LogP contribution in [0, 0.1) is 5.92 Å². The molecule has 2 aromatic carbocycles. The molecule has 6 heteroatoms. The Hall–Kier alpha value is -2.60. The largest absolute Gasteiger partial charge is 0.497 e. The molecule has 144 valence electrons. The van der Waals surface area contributed by atoms with Crippen LogP contribution in [0.3, 0.4) is 0 Å². The van der Waals surface area contributed by atoms with Gasteiger partial charge < -0.3 is 14.8 Å². The van der Waals surface area contributed by atoms with Gasteiger partial charge in [0, 0.05) is 12.1 Å². The van der Waals surface area contributed by atoms with E-state index in [4.69, 9.17) is 21.7 Å². The van der Waals surface area contributed by atoms with E-state index in [-0.39, 0.29) is 11.0 Å². The molecule has 2 N–H and O–H groups in total. The molecule has 0 heterocycles. The van der Waals surface area contributed by atoms with Crippen LogP contribution in [-0.2, 0) is 6.54 Å².